The van der Waals surface area contributed by atoms with Gasteiger partial charge in [-0.05, 0) is 13.8 Å². The molecule has 0 saturated carbocycles. The molecule has 0 atom stereocenters. The number of rotatable bonds is 0. The van der Waals surface area contributed by atoms with Crippen molar-refractivity contribution in [1.82, 2.24) is 0 Å². The average molecular weight is 166 g/mol. The van der Waals surface area contributed by atoms with Crippen LogP contribution in [0, 0.1) is 0 Å². The Labute approximate surface area is 60.3 Å². The molecule has 1 aliphatic rings. The molecule has 1 heterocycles. The van der Waals surface area contributed by atoms with Crippen molar-refractivity contribution in [1.29, 1.82) is 0 Å². The minimum absolute atomic E-state index is 0.0694. The molecule has 1 rings (SSSR count). The summed E-state index contributed by atoms with van der Waals surface area (Å²) in [5.41, 5.74) is -0.600. The van der Waals surface area contributed by atoms with Crippen LogP contribution in [0.3, 0.4) is 0 Å². The van der Waals surface area contributed by atoms with E-state index in [0.29, 0.717) is 0 Å². The molecule has 0 bridgehead atoms. The molecule has 0 spiro atoms. The van der Waals surface area contributed by atoms with Gasteiger partial charge < -0.3 is 4.74 Å². The zero-order chi connectivity index (χ0) is 7.83. The first-order valence-corrected chi connectivity index (χ1v) is 4.50. The Morgan fingerprint density at radius 3 is 2.30 bits per heavy atom. The Balaban J connectivity index is 2.75. The summed E-state index contributed by atoms with van der Waals surface area (Å²) in [5.74, 6) is -0.0694. The molecular weight excluding hydrogens is 156 g/mol. The molecule has 0 N–H and O–H groups in total. The van der Waals surface area contributed by atoms with Crippen molar-refractivity contribution in [2.45, 2.75) is 19.4 Å². The van der Waals surface area contributed by atoms with Crippen LogP contribution in [0.25, 0.3) is 0 Å². The fourth-order valence-corrected chi connectivity index (χ4v) is 1.98. The monoisotopic (exact) mass is 166 g/mol. The highest BCUT2D eigenvalue weighted by atomic mass is 32.2. The van der Waals surface area contributed by atoms with Crippen molar-refractivity contribution < 1.29 is 17.3 Å². The summed E-state index contributed by atoms with van der Waals surface area (Å²) in [4.78, 5) is 0. The summed E-state index contributed by atoms with van der Waals surface area (Å²) >= 11 is 0. The van der Waals surface area contributed by atoms with E-state index in [1.54, 1.807) is 13.8 Å². The summed E-state index contributed by atoms with van der Waals surface area (Å²) in [6.45, 7) is 3.27. The second-order valence-corrected chi connectivity index (χ2v) is 4.48. The molecule has 0 amide bonds. The Hall–Kier alpha value is -0.130. The van der Waals surface area contributed by atoms with Gasteiger partial charge in [0.1, 0.15) is 5.75 Å². The van der Waals surface area contributed by atoms with Crippen molar-refractivity contribution in [3.8, 4) is 0 Å². The van der Waals surface area contributed by atoms with Crippen LogP contribution in [-0.2, 0) is 19.0 Å². The van der Waals surface area contributed by atoms with Gasteiger partial charge in [-0.2, -0.15) is 8.42 Å². The molecule has 0 aromatic heterocycles. The molecule has 5 heteroatoms. The highest BCUT2D eigenvalue weighted by Gasteiger charge is 2.32. The molecule has 0 aromatic rings. The van der Waals surface area contributed by atoms with Gasteiger partial charge in [0.25, 0.3) is 10.1 Å². The summed E-state index contributed by atoms with van der Waals surface area (Å²) in [5, 5.41) is 0. The molecular formula is C5H10O4S. The fraction of sp³-hybridized carbons (Fsp3) is 1.00. The lowest BCUT2D eigenvalue weighted by molar-refractivity contribution is -0.0895. The summed E-state index contributed by atoms with van der Waals surface area (Å²) < 4.78 is 30.9. The van der Waals surface area contributed by atoms with E-state index in [1.807, 2.05) is 0 Å². The molecule has 1 fully saturated rings. The SMILES string of the molecule is CC1(C)CS(=O)(=O)OCO1. The third kappa shape index (κ3) is 1.93. The predicted molar refractivity (Wildman–Crippen MR) is 34.9 cm³/mol. The van der Waals surface area contributed by atoms with E-state index in [2.05, 4.69) is 4.18 Å². The van der Waals surface area contributed by atoms with Gasteiger partial charge in [-0.1, -0.05) is 0 Å². The van der Waals surface area contributed by atoms with Crippen molar-refractivity contribution >= 4 is 10.1 Å². The van der Waals surface area contributed by atoms with E-state index in [1.165, 1.54) is 0 Å². The maximum Gasteiger partial charge on any atom is 0.272 e. The lowest BCUT2D eigenvalue weighted by Gasteiger charge is -2.28. The van der Waals surface area contributed by atoms with E-state index in [0.717, 1.165) is 0 Å². The molecule has 0 radical (unpaired) electrons. The molecule has 4 nitrogen and oxygen atoms in total. The smallest absolute Gasteiger partial charge is 0.272 e. The first-order valence-electron chi connectivity index (χ1n) is 2.92. The molecule has 60 valence electrons. The second-order valence-electron chi connectivity index (χ2n) is 2.84. The quantitative estimate of drug-likeness (QED) is 0.479. The molecule has 0 aromatic carbocycles. The maximum absolute atomic E-state index is 10.8. The molecule has 10 heavy (non-hydrogen) atoms. The Morgan fingerprint density at radius 1 is 1.40 bits per heavy atom. The Kier molecular flexibility index (Phi) is 1.74. The molecule has 1 aliphatic heterocycles. The van der Waals surface area contributed by atoms with E-state index < -0.39 is 15.7 Å². The Morgan fingerprint density at radius 2 is 2.00 bits per heavy atom. The standard InChI is InChI=1S/C5H10O4S/c1-5(2)3-10(6,7)9-4-8-5/h3-4H2,1-2H3. The van der Waals surface area contributed by atoms with Crippen LogP contribution >= 0.6 is 0 Å². The zero-order valence-electron chi connectivity index (χ0n) is 5.96. The third-order valence-electron chi connectivity index (χ3n) is 1.20. The maximum atomic E-state index is 10.8. The van der Waals surface area contributed by atoms with E-state index in [4.69, 9.17) is 4.74 Å². The van der Waals surface area contributed by atoms with Crippen LogP contribution in [0.15, 0.2) is 0 Å². The molecule has 0 aliphatic carbocycles. The number of hydrogen-bond donors (Lipinski definition) is 0. The van der Waals surface area contributed by atoms with Crippen molar-refractivity contribution in [3.05, 3.63) is 0 Å². The van der Waals surface area contributed by atoms with Crippen LogP contribution in [0.1, 0.15) is 13.8 Å². The van der Waals surface area contributed by atoms with Crippen LogP contribution in [-0.4, -0.2) is 26.6 Å². The van der Waals surface area contributed by atoms with Crippen molar-refractivity contribution in [3.63, 3.8) is 0 Å². The lowest BCUT2D eigenvalue weighted by atomic mass is 10.2. The highest BCUT2D eigenvalue weighted by Crippen LogP contribution is 2.18. The van der Waals surface area contributed by atoms with Gasteiger partial charge in [-0.3, -0.25) is 0 Å². The lowest BCUT2D eigenvalue weighted by Crippen LogP contribution is -2.40. The Bertz CT molecular complexity index is 216. The van der Waals surface area contributed by atoms with Crippen molar-refractivity contribution in [2.75, 3.05) is 12.5 Å². The zero-order valence-corrected chi connectivity index (χ0v) is 6.77. The third-order valence-corrected chi connectivity index (χ3v) is 2.71. The normalized spacial score (nSPS) is 29.8. The summed E-state index contributed by atoms with van der Waals surface area (Å²) in [7, 11) is -3.32. The highest BCUT2D eigenvalue weighted by molar-refractivity contribution is 7.86. The van der Waals surface area contributed by atoms with Crippen LogP contribution < -0.4 is 0 Å². The van der Waals surface area contributed by atoms with Gasteiger partial charge in [0.05, 0.1) is 5.60 Å². The van der Waals surface area contributed by atoms with Crippen LogP contribution in [0.2, 0.25) is 0 Å². The topological polar surface area (TPSA) is 52.6 Å². The summed E-state index contributed by atoms with van der Waals surface area (Å²) in [6.07, 6.45) is 0. The van der Waals surface area contributed by atoms with E-state index in [-0.39, 0.29) is 12.5 Å². The second kappa shape index (κ2) is 2.18. The predicted octanol–water partition coefficient (Wildman–Crippen LogP) is 0.0991. The van der Waals surface area contributed by atoms with E-state index >= 15 is 0 Å². The summed E-state index contributed by atoms with van der Waals surface area (Å²) in [6, 6.07) is 0. The van der Waals surface area contributed by atoms with E-state index in [9.17, 15) is 8.42 Å². The average Bonchev–Trinajstić information content (AvgIpc) is 1.56. The first kappa shape index (κ1) is 7.97. The van der Waals surface area contributed by atoms with Crippen LogP contribution in [0.5, 0.6) is 0 Å². The molecule has 0 unspecified atom stereocenters. The minimum atomic E-state index is -3.32. The van der Waals surface area contributed by atoms with Gasteiger partial charge in [0.2, 0.25) is 0 Å². The largest absolute Gasteiger partial charge is 0.347 e. The van der Waals surface area contributed by atoms with Gasteiger partial charge in [-0.15, -0.1) is 0 Å². The van der Waals surface area contributed by atoms with Gasteiger partial charge >= 0.3 is 0 Å². The van der Waals surface area contributed by atoms with Crippen molar-refractivity contribution in [2.24, 2.45) is 0 Å². The molecule has 1 saturated heterocycles. The number of ether oxygens (including phenoxy) is 1. The fourth-order valence-electron chi connectivity index (χ4n) is 0.766. The van der Waals surface area contributed by atoms with Gasteiger partial charge in [0, 0.05) is 0 Å². The van der Waals surface area contributed by atoms with Crippen LogP contribution in [0.4, 0.5) is 0 Å². The minimum Gasteiger partial charge on any atom is -0.347 e. The van der Waals surface area contributed by atoms with Gasteiger partial charge in [0.15, 0.2) is 6.79 Å². The number of hydrogen-bond acceptors (Lipinski definition) is 4. The van der Waals surface area contributed by atoms with Gasteiger partial charge in [-0.25, -0.2) is 4.18 Å². The first-order chi connectivity index (χ1) is 4.41.